The van der Waals surface area contributed by atoms with Crippen molar-refractivity contribution in [2.75, 3.05) is 11.9 Å². The van der Waals surface area contributed by atoms with Crippen LogP contribution in [0, 0.1) is 5.92 Å². The van der Waals surface area contributed by atoms with E-state index in [1.54, 1.807) is 30.3 Å². The number of ether oxygens (including phenoxy) is 1. The van der Waals surface area contributed by atoms with Gasteiger partial charge in [-0.1, -0.05) is 6.92 Å². The Morgan fingerprint density at radius 2 is 2.08 bits per heavy atom. The van der Waals surface area contributed by atoms with Crippen molar-refractivity contribution in [3.63, 3.8) is 0 Å². The zero-order valence-electron chi connectivity index (χ0n) is 14.0. The Hall–Kier alpha value is -2.56. The highest BCUT2D eigenvalue weighted by molar-refractivity contribution is 6.04. The number of hydrogen-bond donors (Lipinski definition) is 2. The number of carbonyl (C=O) groups is 1. The van der Waals surface area contributed by atoms with Gasteiger partial charge in [0.05, 0.1) is 6.61 Å². The molecule has 1 aromatic carbocycles. The Balaban J connectivity index is 1.79. The molecule has 1 amide bonds. The lowest BCUT2D eigenvalue weighted by Crippen LogP contribution is -2.27. The maximum atomic E-state index is 12.5. The molecule has 1 aliphatic carbocycles. The zero-order chi connectivity index (χ0) is 17.1. The molecule has 0 saturated carbocycles. The molecule has 3 rings (SSSR count). The summed E-state index contributed by atoms with van der Waals surface area (Å²) in [4.78, 5) is 27.5. The first-order chi connectivity index (χ1) is 11.6. The third-order valence-electron chi connectivity index (χ3n) is 4.34. The van der Waals surface area contributed by atoms with E-state index >= 15 is 0 Å². The van der Waals surface area contributed by atoms with Gasteiger partial charge in [-0.05, 0) is 68.0 Å². The highest BCUT2D eigenvalue weighted by atomic mass is 16.5. The molecule has 0 bridgehead atoms. The number of rotatable bonds is 4. The maximum absolute atomic E-state index is 12.5. The van der Waals surface area contributed by atoms with Crippen LogP contribution >= 0.6 is 0 Å². The average Bonchev–Trinajstić information content (AvgIpc) is 2.56. The summed E-state index contributed by atoms with van der Waals surface area (Å²) in [6.07, 6.45) is 2.84. The highest BCUT2D eigenvalue weighted by Gasteiger charge is 2.20. The molecule has 1 atom stereocenters. The van der Waals surface area contributed by atoms with Gasteiger partial charge in [-0.25, -0.2) is 0 Å². The van der Waals surface area contributed by atoms with Gasteiger partial charge in [0.25, 0.3) is 11.5 Å². The second kappa shape index (κ2) is 6.91. The summed E-state index contributed by atoms with van der Waals surface area (Å²) >= 11 is 0. The standard InChI is InChI=1S/C19H22N2O3/c1-3-24-15-7-5-14(6-8-15)20-18(22)16-11-13-10-12(2)4-9-17(13)21-19(16)23/h5-8,11-12H,3-4,9-10H2,1-2H3,(H,20,22)(H,21,23)/t12-/m0/s1. The van der Waals surface area contributed by atoms with Gasteiger partial charge < -0.3 is 15.0 Å². The summed E-state index contributed by atoms with van der Waals surface area (Å²) in [5.74, 6) is 0.933. The third kappa shape index (κ3) is 3.50. The van der Waals surface area contributed by atoms with E-state index in [0.29, 0.717) is 18.2 Å². The van der Waals surface area contributed by atoms with Crippen LogP contribution in [0.15, 0.2) is 35.1 Å². The number of pyridine rings is 1. The SMILES string of the molecule is CCOc1ccc(NC(=O)c2cc3c([nH]c2=O)CC[C@H](C)C3)cc1. The lowest BCUT2D eigenvalue weighted by molar-refractivity contribution is 0.102. The number of H-pyrrole nitrogens is 1. The summed E-state index contributed by atoms with van der Waals surface area (Å²) in [6, 6.07) is 8.85. The number of hydrogen-bond acceptors (Lipinski definition) is 3. The summed E-state index contributed by atoms with van der Waals surface area (Å²) < 4.78 is 5.37. The Bertz CT molecular complexity index is 793. The Labute approximate surface area is 141 Å². The number of amides is 1. The van der Waals surface area contributed by atoms with E-state index in [0.717, 1.165) is 36.3 Å². The number of aromatic nitrogens is 1. The highest BCUT2D eigenvalue weighted by Crippen LogP contribution is 2.23. The van der Waals surface area contributed by atoms with Crippen molar-refractivity contribution in [2.45, 2.75) is 33.1 Å². The predicted molar refractivity (Wildman–Crippen MR) is 93.8 cm³/mol. The van der Waals surface area contributed by atoms with Crippen molar-refractivity contribution in [1.29, 1.82) is 0 Å². The van der Waals surface area contributed by atoms with Crippen molar-refractivity contribution in [3.8, 4) is 5.75 Å². The summed E-state index contributed by atoms with van der Waals surface area (Å²) in [7, 11) is 0. The van der Waals surface area contributed by atoms with E-state index in [2.05, 4.69) is 17.2 Å². The Kier molecular flexibility index (Phi) is 4.69. The molecule has 0 aliphatic heterocycles. The van der Waals surface area contributed by atoms with Gasteiger partial charge in [0.2, 0.25) is 0 Å². The van der Waals surface area contributed by atoms with Crippen molar-refractivity contribution >= 4 is 11.6 Å². The molecular formula is C19H22N2O3. The lowest BCUT2D eigenvalue weighted by Gasteiger charge is -2.21. The van der Waals surface area contributed by atoms with Crippen LogP contribution in [-0.4, -0.2) is 17.5 Å². The lowest BCUT2D eigenvalue weighted by atomic mass is 9.87. The van der Waals surface area contributed by atoms with Crippen molar-refractivity contribution < 1.29 is 9.53 Å². The second-order valence-corrected chi connectivity index (χ2v) is 6.28. The van der Waals surface area contributed by atoms with E-state index in [1.807, 2.05) is 6.92 Å². The van der Waals surface area contributed by atoms with Crippen LogP contribution in [0.5, 0.6) is 5.75 Å². The van der Waals surface area contributed by atoms with Gasteiger partial charge in [0, 0.05) is 11.4 Å². The van der Waals surface area contributed by atoms with E-state index < -0.39 is 0 Å². The number of aromatic amines is 1. The van der Waals surface area contributed by atoms with Crippen molar-refractivity contribution in [3.05, 3.63) is 57.5 Å². The van der Waals surface area contributed by atoms with Crippen molar-refractivity contribution in [1.82, 2.24) is 4.98 Å². The molecule has 0 radical (unpaired) electrons. The predicted octanol–water partition coefficient (Wildman–Crippen LogP) is 3.15. The molecule has 0 spiro atoms. The molecule has 126 valence electrons. The summed E-state index contributed by atoms with van der Waals surface area (Å²) in [6.45, 7) is 4.70. The minimum absolute atomic E-state index is 0.164. The van der Waals surface area contributed by atoms with Crippen molar-refractivity contribution in [2.24, 2.45) is 5.92 Å². The van der Waals surface area contributed by atoms with Gasteiger partial charge in [-0.2, -0.15) is 0 Å². The fourth-order valence-electron chi connectivity index (χ4n) is 3.05. The first-order valence-corrected chi connectivity index (χ1v) is 8.36. The van der Waals surface area contributed by atoms with Crippen LogP contribution < -0.4 is 15.6 Å². The van der Waals surface area contributed by atoms with Crippen LogP contribution in [0.2, 0.25) is 0 Å². The smallest absolute Gasteiger partial charge is 0.261 e. The summed E-state index contributed by atoms with van der Waals surface area (Å²) in [5.41, 5.74) is 2.51. The third-order valence-corrected chi connectivity index (χ3v) is 4.34. The van der Waals surface area contributed by atoms with Crippen LogP contribution in [0.3, 0.4) is 0 Å². The molecule has 0 saturated heterocycles. The van der Waals surface area contributed by atoms with Gasteiger partial charge >= 0.3 is 0 Å². The van der Waals surface area contributed by atoms with E-state index in [1.165, 1.54) is 0 Å². The number of carbonyl (C=O) groups excluding carboxylic acids is 1. The normalized spacial score (nSPS) is 16.3. The largest absolute Gasteiger partial charge is 0.494 e. The van der Waals surface area contributed by atoms with Crippen LogP contribution in [0.1, 0.15) is 41.9 Å². The van der Waals surface area contributed by atoms with Gasteiger partial charge in [-0.3, -0.25) is 9.59 Å². The topological polar surface area (TPSA) is 71.2 Å². The minimum atomic E-state index is -0.388. The molecule has 1 heterocycles. The monoisotopic (exact) mass is 326 g/mol. The van der Waals surface area contributed by atoms with Gasteiger partial charge in [0.1, 0.15) is 11.3 Å². The molecule has 5 heteroatoms. The van der Waals surface area contributed by atoms with E-state index in [-0.39, 0.29) is 17.0 Å². The average molecular weight is 326 g/mol. The van der Waals surface area contributed by atoms with Crippen LogP contribution in [-0.2, 0) is 12.8 Å². The molecule has 24 heavy (non-hydrogen) atoms. The first-order valence-electron chi connectivity index (χ1n) is 8.36. The van der Waals surface area contributed by atoms with Crippen LogP contribution in [0.4, 0.5) is 5.69 Å². The molecule has 2 N–H and O–H groups in total. The molecule has 1 aliphatic rings. The fourth-order valence-corrected chi connectivity index (χ4v) is 3.05. The van der Waals surface area contributed by atoms with E-state index in [4.69, 9.17) is 4.74 Å². The molecule has 0 unspecified atom stereocenters. The number of nitrogens with one attached hydrogen (secondary N) is 2. The molecule has 2 aromatic rings. The Morgan fingerprint density at radius 1 is 1.33 bits per heavy atom. The maximum Gasteiger partial charge on any atom is 0.261 e. The zero-order valence-corrected chi connectivity index (χ0v) is 14.0. The van der Waals surface area contributed by atoms with Crippen LogP contribution in [0.25, 0.3) is 0 Å². The molecular weight excluding hydrogens is 304 g/mol. The molecule has 5 nitrogen and oxygen atoms in total. The first kappa shape index (κ1) is 16.3. The quantitative estimate of drug-likeness (QED) is 0.906. The number of aryl methyl sites for hydroxylation is 1. The van der Waals surface area contributed by atoms with Gasteiger partial charge in [-0.15, -0.1) is 0 Å². The van der Waals surface area contributed by atoms with Gasteiger partial charge in [0.15, 0.2) is 0 Å². The van der Waals surface area contributed by atoms with E-state index in [9.17, 15) is 9.59 Å². The fraction of sp³-hybridized carbons (Fsp3) is 0.368. The number of benzene rings is 1. The number of anilines is 1. The second-order valence-electron chi connectivity index (χ2n) is 6.28. The minimum Gasteiger partial charge on any atom is -0.494 e. The molecule has 1 aromatic heterocycles. The summed E-state index contributed by atoms with van der Waals surface area (Å²) in [5, 5.41) is 2.77. The molecule has 0 fully saturated rings. The Morgan fingerprint density at radius 3 is 2.79 bits per heavy atom. The number of fused-ring (bicyclic) bond motifs is 1.